The molecule has 0 bridgehead atoms. The van der Waals surface area contributed by atoms with Crippen molar-refractivity contribution >= 4 is 5.91 Å². The third-order valence-corrected chi connectivity index (χ3v) is 1.94. The second-order valence-electron chi connectivity index (χ2n) is 3.51. The first kappa shape index (κ1) is 12.9. The zero-order chi connectivity index (χ0) is 10.8. The van der Waals surface area contributed by atoms with Crippen molar-refractivity contribution in [2.45, 2.75) is 46.0 Å². The van der Waals surface area contributed by atoms with Gasteiger partial charge in [-0.15, -0.1) is 0 Å². The van der Waals surface area contributed by atoms with E-state index in [-0.39, 0.29) is 5.91 Å². The molecule has 1 N–H and O–H groups in total. The first-order chi connectivity index (χ1) is 6.68. The van der Waals surface area contributed by atoms with Crippen molar-refractivity contribution in [2.24, 2.45) is 0 Å². The average Bonchev–Trinajstić information content (AvgIpc) is 2.16. The van der Waals surface area contributed by atoms with Crippen LogP contribution in [0.15, 0.2) is 24.4 Å². The minimum Gasteiger partial charge on any atom is -0.329 e. The summed E-state index contributed by atoms with van der Waals surface area (Å²) in [5.74, 6) is -0.102. The van der Waals surface area contributed by atoms with Crippen LogP contribution in [0.3, 0.4) is 0 Å². The summed E-state index contributed by atoms with van der Waals surface area (Å²) in [4.78, 5) is 11.0. The number of hydrogen-bond acceptors (Lipinski definition) is 1. The largest absolute Gasteiger partial charge is 0.329 e. The van der Waals surface area contributed by atoms with E-state index in [4.69, 9.17) is 0 Å². The van der Waals surface area contributed by atoms with E-state index in [1.807, 2.05) is 6.08 Å². The first-order valence-electron chi connectivity index (χ1n) is 5.30. The van der Waals surface area contributed by atoms with Gasteiger partial charge in [-0.3, -0.25) is 4.79 Å². The Morgan fingerprint density at radius 2 is 2.07 bits per heavy atom. The molecule has 0 aromatic heterocycles. The molecule has 0 fully saturated rings. The summed E-state index contributed by atoms with van der Waals surface area (Å²) >= 11 is 0. The fourth-order valence-electron chi connectivity index (χ4n) is 1.03. The highest BCUT2D eigenvalue weighted by atomic mass is 16.1. The second kappa shape index (κ2) is 8.54. The third-order valence-electron chi connectivity index (χ3n) is 1.94. The summed E-state index contributed by atoms with van der Waals surface area (Å²) in [6, 6.07) is 0. The van der Waals surface area contributed by atoms with Crippen molar-refractivity contribution in [3.05, 3.63) is 24.4 Å². The Morgan fingerprint density at radius 3 is 2.64 bits per heavy atom. The molecule has 0 aromatic rings. The Hall–Kier alpha value is -1.05. The molecule has 0 saturated heterocycles. The van der Waals surface area contributed by atoms with Gasteiger partial charge in [-0.05, 0) is 19.8 Å². The topological polar surface area (TPSA) is 29.1 Å². The van der Waals surface area contributed by atoms with Crippen molar-refractivity contribution in [1.82, 2.24) is 5.32 Å². The molecule has 0 aliphatic carbocycles. The van der Waals surface area contributed by atoms with E-state index in [1.165, 1.54) is 25.7 Å². The average molecular weight is 195 g/mol. The van der Waals surface area contributed by atoms with Gasteiger partial charge in [-0.1, -0.05) is 38.8 Å². The standard InChI is InChI=1S/C12H21NO/c1-4-5-6-7-8-9-10-13-12(14)11(2)3/h9-10H,2,4-8H2,1,3H3,(H,13,14). The number of carbonyl (C=O) groups is 1. The molecule has 0 heterocycles. The minimum atomic E-state index is -0.102. The van der Waals surface area contributed by atoms with Gasteiger partial charge in [0, 0.05) is 11.8 Å². The van der Waals surface area contributed by atoms with Crippen molar-refractivity contribution in [1.29, 1.82) is 0 Å². The molecule has 0 atom stereocenters. The highest BCUT2D eigenvalue weighted by molar-refractivity contribution is 5.92. The molecule has 14 heavy (non-hydrogen) atoms. The summed E-state index contributed by atoms with van der Waals surface area (Å²) in [5.41, 5.74) is 0.542. The Balaban J connectivity index is 3.36. The molecule has 0 rings (SSSR count). The number of amides is 1. The predicted molar refractivity (Wildman–Crippen MR) is 60.9 cm³/mol. The number of unbranched alkanes of at least 4 members (excludes halogenated alkanes) is 4. The lowest BCUT2D eigenvalue weighted by molar-refractivity contribution is -0.116. The lowest BCUT2D eigenvalue weighted by Gasteiger charge is -1.97. The Bertz CT molecular complexity index is 206. The maximum absolute atomic E-state index is 11.0. The van der Waals surface area contributed by atoms with Crippen molar-refractivity contribution in [3.63, 3.8) is 0 Å². The zero-order valence-corrected chi connectivity index (χ0v) is 9.31. The molecule has 0 aliphatic rings. The van der Waals surface area contributed by atoms with Crippen LogP contribution in [-0.2, 0) is 4.79 Å². The summed E-state index contributed by atoms with van der Waals surface area (Å²) in [6.07, 6.45) is 9.78. The number of rotatable bonds is 7. The Labute approximate surface area is 87.1 Å². The van der Waals surface area contributed by atoms with E-state index in [2.05, 4.69) is 18.8 Å². The Morgan fingerprint density at radius 1 is 1.36 bits per heavy atom. The summed E-state index contributed by atoms with van der Waals surface area (Å²) in [6.45, 7) is 7.44. The van der Waals surface area contributed by atoms with Crippen LogP contribution in [0.4, 0.5) is 0 Å². The molecule has 0 spiro atoms. The molecule has 2 heteroatoms. The minimum absolute atomic E-state index is 0.102. The van der Waals surface area contributed by atoms with Gasteiger partial charge >= 0.3 is 0 Å². The molecule has 2 nitrogen and oxygen atoms in total. The van der Waals surface area contributed by atoms with Crippen LogP contribution in [-0.4, -0.2) is 5.91 Å². The van der Waals surface area contributed by atoms with E-state index in [1.54, 1.807) is 13.1 Å². The van der Waals surface area contributed by atoms with Gasteiger partial charge in [0.25, 0.3) is 0 Å². The SMILES string of the molecule is C=C(C)C(=O)NC=CCCCCCC. The fraction of sp³-hybridized carbons (Fsp3) is 0.583. The van der Waals surface area contributed by atoms with Crippen molar-refractivity contribution in [2.75, 3.05) is 0 Å². The van der Waals surface area contributed by atoms with Crippen molar-refractivity contribution < 1.29 is 4.79 Å². The van der Waals surface area contributed by atoms with Crippen LogP contribution in [0, 0.1) is 0 Å². The molecule has 1 amide bonds. The van der Waals surface area contributed by atoms with Crippen LogP contribution >= 0.6 is 0 Å². The fourth-order valence-corrected chi connectivity index (χ4v) is 1.03. The number of hydrogen-bond donors (Lipinski definition) is 1. The van der Waals surface area contributed by atoms with E-state index < -0.39 is 0 Å². The Kier molecular flexibility index (Phi) is 7.90. The molecule has 80 valence electrons. The van der Waals surface area contributed by atoms with E-state index in [0.717, 1.165) is 6.42 Å². The van der Waals surface area contributed by atoms with Gasteiger partial charge < -0.3 is 5.32 Å². The van der Waals surface area contributed by atoms with Crippen LogP contribution < -0.4 is 5.32 Å². The zero-order valence-electron chi connectivity index (χ0n) is 9.31. The lowest BCUT2D eigenvalue weighted by atomic mass is 10.1. The predicted octanol–water partition coefficient (Wildman–Crippen LogP) is 3.16. The summed E-state index contributed by atoms with van der Waals surface area (Å²) in [5, 5.41) is 2.65. The van der Waals surface area contributed by atoms with E-state index in [9.17, 15) is 4.79 Å². The van der Waals surface area contributed by atoms with Crippen LogP contribution in [0.5, 0.6) is 0 Å². The van der Waals surface area contributed by atoms with E-state index >= 15 is 0 Å². The molecular weight excluding hydrogens is 174 g/mol. The molecule has 0 saturated carbocycles. The molecule has 0 unspecified atom stereocenters. The normalized spacial score (nSPS) is 10.4. The van der Waals surface area contributed by atoms with Crippen molar-refractivity contribution in [3.8, 4) is 0 Å². The molecule has 0 aliphatic heterocycles. The highest BCUT2D eigenvalue weighted by Gasteiger charge is 1.95. The maximum Gasteiger partial charge on any atom is 0.250 e. The molecular formula is C12H21NO. The highest BCUT2D eigenvalue weighted by Crippen LogP contribution is 2.02. The molecule has 0 radical (unpaired) electrons. The maximum atomic E-state index is 11.0. The second-order valence-corrected chi connectivity index (χ2v) is 3.51. The monoisotopic (exact) mass is 195 g/mol. The first-order valence-corrected chi connectivity index (χ1v) is 5.30. The van der Waals surface area contributed by atoms with Gasteiger partial charge in [0.2, 0.25) is 5.91 Å². The summed E-state index contributed by atoms with van der Waals surface area (Å²) < 4.78 is 0. The number of nitrogens with one attached hydrogen (secondary N) is 1. The van der Waals surface area contributed by atoms with E-state index in [0.29, 0.717) is 5.57 Å². The quantitative estimate of drug-likeness (QED) is 0.490. The van der Waals surface area contributed by atoms with Crippen LogP contribution in [0.1, 0.15) is 46.0 Å². The van der Waals surface area contributed by atoms with Crippen LogP contribution in [0.2, 0.25) is 0 Å². The van der Waals surface area contributed by atoms with Gasteiger partial charge in [-0.25, -0.2) is 0 Å². The van der Waals surface area contributed by atoms with Gasteiger partial charge in [0.05, 0.1) is 0 Å². The van der Waals surface area contributed by atoms with Gasteiger partial charge in [0.15, 0.2) is 0 Å². The molecule has 0 aromatic carbocycles. The number of allylic oxidation sites excluding steroid dienone is 1. The lowest BCUT2D eigenvalue weighted by Crippen LogP contribution is -2.16. The van der Waals surface area contributed by atoms with Gasteiger partial charge in [0.1, 0.15) is 0 Å². The number of carbonyl (C=O) groups excluding carboxylic acids is 1. The smallest absolute Gasteiger partial charge is 0.250 e. The third kappa shape index (κ3) is 7.59. The summed E-state index contributed by atoms with van der Waals surface area (Å²) in [7, 11) is 0. The van der Waals surface area contributed by atoms with Crippen LogP contribution in [0.25, 0.3) is 0 Å². The van der Waals surface area contributed by atoms with Gasteiger partial charge in [-0.2, -0.15) is 0 Å².